The van der Waals surface area contributed by atoms with Gasteiger partial charge in [0, 0.05) is 37.6 Å². The molecule has 0 spiro atoms. The molecule has 1 fully saturated rings. The van der Waals surface area contributed by atoms with Crippen molar-refractivity contribution in [3.8, 4) is 5.69 Å². The maximum atomic E-state index is 12.7. The number of aryl methyl sites for hydroxylation is 1. The fourth-order valence-electron chi connectivity index (χ4n) is 3.26. The number of nitrogens with two attached hydrogens (primary N) is 1. The Morgan fingerprint density at radius 1 is 1.15 bits per heavy atom. The minimum Gasteiger partial charge on any atom is -0.369 e. The van der Waals surface area contributed by atoms with Crippen molar-refractivity contribution >= 4 is 23.5 Å². The monoisotopic (exact) mass is 369 g/mol. The van der Waals surface area contributed by atoms with Gasteiger partial charge in [-0.3, -0.25) is 14.4 Å². The third kappa shape index (κ3) is 4.16. The molecule has 8 heteroatoms. The molecule has 0 saturated carbocycles. The number of anilines is 1. The van der Waals surface area contributed by atoms with Gasteiger partial charge in [-0.15, -0.1) is 0 Å². The lowest BCUT2D eigenvalue weighted by Crippen LogP contribution is -2.41. The summed E-state index contributed by atoms with van der Waals surface area (Å²) in [5.74, 6) is -0.110. The van der Waals surface area contributed by atoms with Crippen LogP contribution >= 0.6 is 0 Å². The number of aromatic nitrogens is 2. The van der Waals surface area contributed by atoms with Crippen LogP contribution in [-0.4, -0.2) is 45.5 Å². The third-order valence-corrected chi connectivity index (χ3v) is 4.68. The molecule has 0 radical (unpaired) electrons. The van der Waals surface area contributed by atoms with E-state index in [9.17, 15) is 14.4 Å². The van der Waals surface area contributed by atoms with Crippen LogP contribution < -0.4 is 11.1 Å². The van der Waals surface area contributed by atoms with E-state index in [1.54, 1.807) is 39.9 Å². The lowest BCUT2D eigenvalue weighted by Gasteiger charge is -2.30. The molecule has 1 aromatic heterocycles. The van der Waals surface area contributed by atoms with Crippen molar-refractivity contribution < 1.29 is 14.4 Å². The average molecular weight is 369 g/mol. The molecule has 0 aliphatic carbocycles. The maximum Gasteiger partial charge on any atom is 0.253 e. The van der Waals surface area contributed by atoms with Crippen molar-refractivity contribution in [2.75, 3.05) is 18.4 Å². The first kappa shape index (κ1) is 18.6. The van der Waals surface area contributed by atoms with Gasteiger partial charge in [0.2, 0.25) is 11.8 Å². The maximum absolute atomic E-state index is 12.7. The van der Waals surface area contributed by atoms with Crippen LogP contribution in [0.1, 0.15) is 35.8 Å². The molecule has 1 aliphatic rings. The molecule has 2 aromatic rings. The van der Waals surface area contributed by atoms with Crippen LogP contribution in [0, 0.1) is 12.8 Å². The van der Waals surface area contributed by atoms with Gasteiger partial charge in [-0.25, -0.2) is 4.68 Å². The smallest absolute Gasteiger partial charge is 0.253 e. The summed E-state index contributed by atoms with van der Waals surface area (Å²) in [6.45, 7) is 4.34. The number of nitrogens with zero attached hydrogens (tertiary/aromatic N) is 3. The molecule has 0 bridgehead atoms. The summed E-state index contributed by atoms with van der Waals surface area (Å²) in [5, 5.41) is 7.13. The summed E-state index contributed by atoms with van der Waals surface area (Å²) in [6.07, 6.45) is 1.21. The van der Waals surface area contributed by atoms with Crippen molar-refractivity contribution in [1.29, 1.82) is 0 Å². The highest BCUT2D eigenvalue weighted by Crippen LogP contribution is 2.21. The first-order valence-electron chi connectivity index (χ1n) is 8.88. The Morgan fingerprint density at radius 3 is 2.33 bits per heavy atom. The fourth-order valence-corrected chi connectivity index (χ4v) is 3.26. The fraction of sp³-hybridized carbons (Fsp3) is 0.368. The highest BCUT2D eigenvalue weighted by Gasteiger charge is 2.26. The van der Waals surface area contributed by atoms with E-state index in [1.807, 2.05) is 6.92 Å². The minimum atomic E-state index is -0.295. The topological polar surface area (TPSA) is 110 Å². The molecule has 3 amide bonds. The van der Waals surface area contributed by atoms with Gasteiger partial charge in [0.15, 0.2) is 0 Å². The number of nitrogens with one attached hydrogen (secondary N) is 1. The molecule has 1 aliphatic heterocycles. The van der Waals surface area contributed by atoms with Gasteiger partial charge in [0.25, 0.3) is 5.91 Å². The van der Waals surface area contributed by atoms with Crippen LogP contribution in [0.2, 0.25) is 0 Å². The van der Waals surface area contributed by atoms with Gasteiger partial charge in [-0.05, 0) is 44.0 Å². The zero-order valence-corrected chi connectivity index (χ0v) is 15.4. The summed E-state index contributed by atoms with van der Waals surface area (Å²) in [6, 6.07) is 8.85. The minimum absolute atomic E-state index is 0.0665. The van der Waals surface area contributed by atoms with E-state index in [0.717, 1.165) is 11.4 Å². The molecule has 3 rings (SSSR count). The predicted octanol–water partition coefficient (Wildman–Crippen LogP) is 1.48. The van der Waals surface area contributed by atoms with Crippen molar-refractivity contribution in [3.05, 3.63) is 41.6 Å². The number of benzene rings is 1. The number of likely N-dealkylation sites (tertiary alicyclic amines) is 1. The molecule has 3 N–H and O–H groups in total. The third-order valence-electron chi connectivity index (χ3n) is 4.68. The number of primary amides is 1. The molecular formula is C19H23N5O3. The highest BCUT2D eigenvalue weighted by atomic mass is 16.2. The molecule has 142 valence electrons. The van der Waals surface area contributed by atoms with Gasteiger partial charge >= 0.3 is 0 Å². The summed E-state index contributed by atoms with van der Waals surface area (Å²) in [4.78, 5) is 37.0. The van der Waals surface area contributed by atoms with Crippen molar-refractivity contribution in [2.45, 2.75) is 26.7 Å². The Bertz CT molecular complexity index is 864. The first-order chi connectivity index (χ1) is 12.8. The number of rotatable bonds is 4. The highest BCUT2D eigenvalue weighted by molar-refractivity contribution is 5.94. The number of hydrogen-bond donors (Lipinski definition) is 2. The standard InChI is InChI=1S/C19H23N5O3/c1-12-11-17(21-13(2)25)24(22-12)16-5-3-15(4-6-16)19(27)23-9-7-14(8-10-23)18(20)26/h3-6,11,14H,7-10H2,1-2H3,(H2,20,26)(H,21,25). The number of hydrogen-bond acceptors (Lipinski definition) is 4. The van der Waals surface area contributed by atoms with E-state index in [-0.39, 0.29) is 23.6 Å². The van der Waals surface area contributed by atoms with Gasteiger partial charge in [0.05, 0.1) is 11.4 Å². The Kier molecular flexibility index (Phi) is 5.25. The summed E-state index contributed by atoms with van der Waals surface area (Å²) < 4.78 is 1.63. The summed E-state index contributed by atoms with van der Waals surface area (Å²) >= 11 is 0. The van der Waals surface area contributed by atoms with Crippen molar-refractivity contribution in [2.24, 2.45) is 11.7 Å². The SMILES string of the molecule is CC(=O)Nc1cc(C)nn1-c1ccc(C(=O)N2CCC(C(N)=O)CC2)cc1. The zero-order valence-electron chi connectivity index (χ0n) is 15.4. The largest absolute Gasteiger partial charge is 0.369 e. The van der Waals surface area contributed by atoms with E-state index < -0.39 is 0 Å². The van der Waals surface area contributed by atoms with Gasteiger partial charge in [-0.2, -0.15) is 5.10 Å². The molecule has 1 saturated heterocycles. The van der Waals surface area contributed by atoms with Gasteiger partial charge in [-0.1, -0.05) is 0 Å². The molecule has 8 nitrogen and oxygen atoms in total. The van der Waals surface area contributed by atoms with Crippen LogP contribution in [-0.2, 0) is 9.59 Å². The Balaban J connectivity index is 1.73. The molecular weight excluding hydrogens is 346 g/mol. The number of carbonyl (C=O) groups excluding carboxylic acids is 3. The Hall–Kier alpha value is -3.16. The van der Waals surface area contributed by atoms with E-state index in [1.165, 1.54) is 6.92 Å². The van der Waals surface area contributed by atoms with Crippen molar-refractivity contribution in [1.82, 2.24) is 14.7 Å². The second-order valence-electron chi connectivity index (χ2n) is 6.78. The normalized spacial score (nSPS) is 14.8. The van der Waals surface area contributed by atoms with E-state index in [0.29, 0.717) is 37.3 Å². The zero-order chi connectivity index (χ0) is 19.6. The number of carbonyl (C=O) groups is 3. The molecule has 2 heterocycles. The lowest BCUT2D eigenvalue weighted by molar-refractivity contribution is -0.123. The van der Waals surface area contributed by atoms with Crippen LogP contribution in [0.5, 0.6) is 0 Å². The second kappa shape index (κ2) is 7.61. The molecule has 0 unspecified atom stereocenters. The Labute approximate surface area is 157 Å². The van der Waals surface area contributed by atoms with Crippen molar-refractivity contribution in [3.63, 3.8) is 0 Å². The van der Waals surface area contributed by atoms with E-state index >= 15 is 0 Å². The summed E-state index contributed by atoms with van der Waals surface area (Å²) in [7, 11) is 0. The Morgan fingerprint density at radius 2 is 1.78 bits per heavy atom. The van der Waals surface area contributed by atoms with Crippen LogP contribution in [0.3, 0.4) is 0 Å². The van der Waals surface area contributed by atoms with Gasteiger partial charge in [0.1, 0.15) is 5.82 Å². The quantitative estimate of drug-likeness (QED) is 0.850. The first-order valence-corrected chi connectivity index (χ1v) is 8.88. The summed E-state index contributed by atoms with van der Waals surface area (Å²) in [5.41, 5.74) is 7.43. The molecule has 1 aromatic carbocycles. The molecule has 27 heavy (non-hydrogen) atoms. The average Bonchev–Trinajstić information content (AvgIpc) is 3.00. The number of piperidine rings is 1. The van der Waals surface area contributed by atoms with Crippen LogP contribution in [0.15, 0.2) is 30.3 Å². The predicted molar refractivity (Wildman–Crippen MR) is 100 cm³/mol. The number of amides is 3. The van der Waals surface area contributed by atoms with E-state index in [4.69, 9.17) is 5.73 Å². The second-order valence-corrected chi connectivity index (χ2v) is 6.78. The van der Waals surface area contributed by atoms with Gasteiger partial charge < -0.3 is 16.0 Å². The van der Waals surface area contributed by atoms with Crippen LogP contribution in [0.4, 0.5) is 5.82 Å². The van der Waals surface area contributed by atoms with E-state index in [2.05, 4.69) is 10.4 Å². The van der Waals surface area contributed by atoms with Crippen LogP contribution in [0.25, 0.3) is 5.69 Å². The lowest BCUT2D eigenvalue weighted by atomic mass is 9.96. The molecule has 0 atom stereocenters.